The molecule has 3 nitrogen and oxygen atoms in total. The zero-order valence-electron chi connectivity index (χ0n) is 7.49. The zero-order valence-corrected chi connectivity index (χ0v) is 7.49. The molecule has 1 amide bonds. The fourth-order valence-electron chi connectivity index (χ4n) is 2.86. The highest BCUT2D eigenvalue weighted by molar-refractivity contribution is 5.74. The van der Waals surface area contributed by atoms with Gasteiger partial charge in [-0.25, -0.2) is 0 Å². The van der Waals surface area contributed by atoms with Crippen molar-refractivity contribution in [3.8, 4) is 0 Å². The first-order chi connectivity index (χ1) is 5.74. The lowest BCUT2D eigenvalue weighted by Crippen LogP contribution is -2.36. The SMILES string of the molecule is CC(=O)N1C2CCC1C(CN)C2. The summed E-state index contributed by atoms with van der Waals surface area (Å²) in [7, 11) is 0. The van der Waals surface area contributed by atoms with Crippen LogP contribution < -0.4 is 5.73 Å². The minimum absolute atomic E-state index is 0.235. The van der Waals surface area contributed by atoms with Crippen LogP contribution in [0.3, 0.4) is 0 Å². The molecule has 0 aliphatic carbocycles. The highest BCUT2D eigenvalue weighted by Crippen LogP contribution is 2.40. The maximum absolute atomic E-state index is 11.3. The third-order valence-corrected chi connectivity index (χ3v) is 3.33. The van der Waals surface area contributed by atoms with E-state index < -0.39 is 0 Å². The molecular weight excluding hydrogens is 152 g/mol. The van der Waals surface area contributed by atoms with Crippen LogP contribution in [0, 0.1) is 5.92 Å². The van der Waals surface area contributed by atoms with E-state index >= 15 is 0 Å². The van der Waals surface area contributed by atoms with Crippen LogP contribution >= 0.6 is 0 Å². The van der Waals surface area contributed by atoms with Crippen LogP contribution in [0.1, 0.15) is 26.2 Å². The number of nitrogens with zero attached hydrogens (tertiary/aromatic N) is 1. The van der Waals surface area contributed by atoms with E-state index in [9.17, 15) is 4.79 Å². The molecule has 12 heavy (non-hydrogen) atoms. The third-order valence-electron chi connectivity index (χ3n) is 3.33. The first-order valence-corrected chi connectivity index (χ1v) is 4.73. The number of amides is 1. The molecule has 3 atom stereocenters. The van der Waals surface area contributed by atoms with Gasteiger partial charge in [-0.1, -0.05) is 0 Å². The van der Waals surface area contributed by atoms with E-state index in [4.69, 9.17) is 5.73 Å². The predicted molar refractivity (Wildman–Crippen MR) is 46.5 cm³/mol. The molecular formula is C9H16N2O. The van der Waals surface area contributed by atoms with Crippen LogP contribution in [0.25, 0.3) is 0 Å². The van der Waals surface area contributed by atoms with Gasteiger partial charge in [0.1, 0.15) is 0 Å². The second-order valence-corrected chi connectivity index (χ2v) is 3.96. The van der Waals surface area contributed by atoms with Gasteiger partial charge in [0.25, 0.3) is 0 Å². The molecule has 3 heteroatoms. The van der Waals surface area contributed by atoms with Gasteiger partial charge in [0.2, 0.25) is 5.91 Å². The predicted octanol–water partition coefficient (Wildman–Crippen LogP) is 0.345. The monoisotopic (exact) mass is 168 g/mol. The summed E-state index contributed by atoms with van der Waals surface area (Å²) < 4.78 is 0. The molecule has 0 spiro atoms. The molecule has 2 aliphatic rings. The average Bonchev–Trinajstić information content (AvgIpc) is 2.59. The average molecular weight is 168 g/mol. The topological polar surface area (TPSA) is 46.3 Å². The van der Waals surface area contributed by atoms with Gasteiger partial charge in [-0.15, -0.1) is 0 Å². The number of hydrogen-bond donors (Lipinski definition) is 1. The molecule has 2 bridgehead atoms. The Labute approximate surface area is 72.9 Å². The number of carbonyl (C=O) groups is 1. The summed E-state index contributed by atoms with van der Waals surface area (Å²) in [5.74, 6) is 0.811. The summed E-state index contributed by atoms with van der Waals surface area (Å²) in [6.45, 7) is 2.41. The van der Waals surface area contributed by atoms with Gasteiger partial charge in [0, 0.05) is 19.0 Å². The van der Waals surface area contributed by atoms with Gasteiger partial charge < -0.3 is 10.6 Å². The van der Waals surface area contributed by atoms with Crippen molar-refractivity contribution in [3.05, 3.63) is 0 Å². The van der Waals surface area contributed by atoms with Gasteiger partial charge in [-0.2, -0.15) is 0 Å². The molecule has 2 N–H and O–H groups in total. The smallest absolute Gasteiger partial charge is 0.219 e. The summed E-state index contributed by atoms with van der Waals surface area (Å²) in [4.78, 5) is 13.3. The second kappa shape index (κ2) is 2.73. The summed E-state index contributed by atoms with van der Waals surface area (Å²) in [5.41, 5.74) is 5.64. The molecule has 3 unspecified atom stereocenters. The molecule has 0 aromatic rings. The van der Waals surface area contributed by atoms with E-state index in [1.54, 1.807) is 6.92 Å². The fourth-order valence-corrected chi connectivity index (χ4v) is 2.86. The number of nitrogens with two attached hydrogens (primary N) is 1. The van der Waals surface area contributed by atoms with Gasteiger partial charge in [-0.3, -0.25) is 4.79 Å². The van der Waals surface area contributed by atoms with Crippen molar-refractivity contribution < 1.29 is 4.79 Å². The Morgan fingerprint density at radius 3 is 2.75 bits per heavy atom. The summed E-state index contributed by atoms with van der Waals surface area (Å²) in [5, 5.41) is 0. The minimum atomic E-state index is 0.235. The van der Waals surface area contributed by atoms with E-state index in [-0.39, 0.29) is 5.91 Å². The molecule has 68 valence electrons. The van der Waals surface area contributed by atoms with Crippen LogP contribution in [-0.4, -0.2) is 29.4 Å². The quantitative estimate of drug-likeness (QED) is 0.614. The first kappa shape index (κ1) is 8.05. The Balaban J connectivity index is 2.14. The van der Waals surface area contributed by atoms with Crippen LogP contribution in [0.4, 0.5) is 0 Å². The van der Waals surface area contributed by atoms with Crippen molar-refractivity contribution in [1.29, 1.82) is 0 Å². The van der Waals surface area contributed by atoms with Crippen LogP contribution in [0.5, 0.6) is 0 Å². The van der Waals surface area contributed by atoms with E-state index in [0.29, 0.717) is 18.0 Å². The molecule has 0 aromatic carbocycles. The maximum Gasteiger partial charge on any atom is 0.219 e. The molecule has 2 saturated heterocycles. The lowest BCUT2D eigenvalue weighted by atomic mass is 9.89. The number of fused-ring (bicyclic) bond motifs is 2. The molecule has 2 rings (SSSR count). The number of rotatable bonds is 1. The highest BCUT2D eigenvalue weighted by Gasteiger charge is 2.46. The highest BCUT2D eigenvalue weighted by atomic mass is 16.2. The van der Waals surface area contributed by atoms with Crippen molar-refractivity contribution in [2.75, 3.05) is 6.54 Å². The van der Waals surface area contributed by atoms with Gasteiger partial charge in [0.15, 0.2) is 0 Å². The first-order valence-electron chi connectivity index (χ1n) is 4.73. The third kappa shape index (κ3) is 0.959. The molecule has 2 heterocycles. The summed E-state index contributed by atoms with van der Waals surface area (Å²) in [6, 6.07) is 0.985. The maximum atomic E-state index is 11.3. The van der Waals surface area contributed by atoms with Crippen LogP contribution in [0.15, 0.2) is 0 Å². The number of carbonyl (C=O) groups excluding carboxylic acids is 1. The summed E-state index contributed by atoms with van der Waals surface area (Å²) in [6.07, 6.45) is 3.51. The van der Waals surface area contributed by atoms with Crippen LogP contribution in [0.2, 0.25) is 0 Å². The molecule has 2 aliphatic heterocycles. The van der Waals surface area contributed by atoms with E-state index in [1.165, 1.54) is 12.8 Å². The fraction of sp³-hybridized carbons (Fsp3) is 0.889. The number of hydrogen-bond acceptors (Lipinski definition) is 2. The van der Waals surface area contributed by atoms with E-state index in [2.05, 4.69) is 4.90 Å². The van der Waals surface area contributed by atoms with Crippen molar-refractivity contribution in [2.24, 2.45) is 11.7 Å². The lowest BCUT2D eigenvalue weighted by Gasteiger charge is -2.22. The van der Waals surface area contributed by atoms with Crippen molar-refractivity contribution in [3.63, 3.8) is 0 Å². The van der Waals surface area contributed by atoms with Crippen molar-refractivity contribution in [1.82, 2.24) is 4.90 Å². The molecule has 0 radical (unpaired) electrons. The lowest BCUT2D eigenvalue weighted by molar-refractivity contribution is -0.130. The van der Waals surface area contributed by atoms with Gasteiger partial charge in [0.05, 0.1) is 0 Å². The Hall–Kier alpha value is -0.570. The minimum Gasteiger partial charge on any atom is -0.337 e. The normalized spacial score (nSPS) is 39.2. The largest absolute Gasteiger partial charge is 0.337 e. The zero-order chi connectivity index (χ0) is 8.72. The standard InChI is InChI=1S/C9H16N2O/c1-6(12)11-8-2-3-9(11)7(4-8)5-10/h7-9H,2-5,10H2,1H3. The Morgan fingerprint density at radius 1 is 1.58 bits per heavy atom. The molecule has 2 fully saturated rings. The Bertz CT molecular complexity index is 205. The van der Waals surface area contributed by atoms with Gasteiger partial charge >= 0.3 is 0 Å². The van der Waals surface area contributed by atoms with Crippen LogP contribution in [-0.2, 0) is 4.79 Å². The Morgan fingerprint density at radius 2 is 2.33 bits per heavy atom. The molecule has 0 saturated carbocycles. The molecule has 0 aromatic heterocycles. The van der Waals surface area contributed by atoms with E-state index in [0.717, 1.165) is 13.0 Å². The van der Waals surface area contributed by atoms with Crippen molar-refractivity contribution >= 4 is 5.91 Å². The second-order valence-electron chi connectivity index (χ2n) is 3.96. The Kier molecular flexibility index (Phi) is 1.83. The van der Waals surface area contributed by atoms with Crippen molar-refractivity contribution in [2.45, 2.75) is 38.3 Å². The van der Waals surface area contributed by atoms with E-state index in [1.807, 2.05) is 0 Å². The van der Waals surface area contributed by atoms with Gasteiger partial charge in [-0.05, 0) is 31.7 Å². The summed E-state index contributed by atoms with van der Waals surface area (Å²) >= 11 is 0.